The summed E-state index contributed by atoms with van der Waals surface area (Å²) < 4.78 is 33.2. The number of thiocarbonyl (C=S) groups is 1. The second-order valence-electron chi connectivity index (χ2n) is 7.32. The number of methoxy groups -OCH3 is 1. The number of sulfonamides is 1. The number of nitrogens with zero attached hydrogens (tertiary/aromatic N) is 1. The first-order chi connectivity index (χ1) is 16.1. The smallest absolute Gasteiger partial charge is 0.295 e. The first-order valence-corrected chi connectivity index (χ1v) is 11.8. The van der Waals surface area contributed by atoms with Crippen molar-refractivity contribution in [1.82, 2.24) is 5.43 Å². The molecule has 34 heavy (non-hydrogen) atoms. The highest BCUT2D eigenvalue weighted by Gasteiger charge is 2.22. The second kappa shape index (κ2) is 10.4. The van der Waals surface area contributed by atoms with Gasteiger partial charge in [-0.05, 0) is 73.6 Å². The van der Waals surface area contributed by atoms with E-state index in [2.05, 4.69) is 20.9 Å². The van der Waals surface area contributed by atoms with Gasteiger partial charge in [0.1, 0.15) is 11.4 Å². The number of hydrogen-bond acceptors (Lipinski definition) is 7. The fourth-order valence-corrected chi connectivity index (χ4v) is 4.46. The maximum Gasteiger partial charge on any atom is 0.295 e. The van der Waals surface area contributed by atoms with Gasteiger partial charge in [-0.2, -0.15) is 0 Å². The number of nitro groups is 1. The Labute approximate surface area is 202 Å². The molecule has 0 aliphatic carbocycles. The van der Waals surface area contributed by atoms with Crippen molar-refractivity contribution >= 4 is 50.1 Å². The Bertz CT molecular complexity index is 1330. The summed E-state index contributed by atoms with van der Waals surface area (Å²) in [6.07, 6.45) is 0. The van der Waals surface area contributed by atoms with Gasteiger partial charge in [0, 0.05) is 11.8 Å². The molecule has 0 fully saturated rings. The predicted octanol–water partition coefficient (Wildman–Crippen LogP) is 4.33. The summed E-state index contributed by atoms with van der Waals surface area (Å²) in [6, 6.07) is 15.7. The highest BCUT2D eigenvalue weighted by atomic mass is 32.2. The average Bonchev–Trinajstić information content (AvgIpc) is 2.77. The summed E-state index contributed by atoms with van der Waals surface area (Å²) in [5.74, 6) is 0.313. The molecule has 0 bridgehead atoms. The first-order valence-electron chi connectivity index (χ1n) is 9.94. The van der Waals surface area contributed by atoms with Gasteiger partial charge in [0.2, 0.25) is 0 Å². The van der Waals surface area contributed by atoms with Crippen molar-refractivity contribution in [3.63, 3.8) is 0 Å². The van der Waals surface area contributed by atoms with Gasteiger partial charge in [0.25, 0.3) is 15.7 Å². The summed E-state index contributed by atoms with van der Waals surface area (Å²) in [4.78, 5) is 10.7. The quantitative estimate of drug-likeness (QED) is 0.202. The van der Waals surface area contributed by atoms with Crippen LogP contribution in [-0.4, -0.2) is 25.6 Å². The minimum Gasteiger partial charge on any atom is -0.495 e. The third-order valence-electron chi connectivity index (χ3n) is 4.62. The van der Waals surface area contributed by atoms with E-state index >= 15 is 0 Å². The van der Waals surface area contributed by atoms with Crippen LogP contribution in [0.4, 0.5) is 22.7 Å². The van der Waals surface area contributed by atoms with Gasteiger partial charge < -0.3 is 10.1 Å². The molecular weight excluding hydrogens is 478 g/mol. The van der Waals surface area contributed by atoms with Crippen LogP contribution in [0, 0.1) is 24.0 Å². The maximum absolute atomic E-state index is 12.8. The van der Waals surface area contributed by atoms with Crippen LogP contribution in [-0.2, 0) is 10.0 Å². The number of benzene rings is 3. The molecule has 0 aliphatic heterocycles. The van der Waals surface area contributed by atoms with Crippen LogP contribution < -0.4 is 25.6 Å². The largest absolute Gasteiger partial charge is 0.495 e. The lowest BCUT2D eigenvalue weighted by molar-refractivity contribution is -0.384. The molecule has 0 unspecified atom stereocenters. The lowest BCUT2D eigenvalue weighted by Gasteiger charge is -2.15. The Morgan fingerprint density at radius 1 is 1.00 bits per heavy atom. The van der Waals surface area contributed by atoms with Gasteiger partial charge >= 0.3 is 0 Å². The highest BCUT2D eigenvalue weighted by molar-refractivity contribution is 7.92. The van der Waals surface area contributed by atoms with E-state index in [1.54, 1.807) is 18.2 Å². The van der Waals surface area contributed by atoms with Crippen molar-refractivity contribution in [3.8, 4) is 5.75 Å². The van der Waals surface area contributed by atoms with E-state index in [0.29, 0.717) is 5.75 Å². The van der Waals surface area contributed by atoms with Crippen molar-refractivity contribution in [3.05, 3.63) is 81.9 Å². The molecule has 0 saturated heterocycles. The number of nitrogens with one attached hydrogen (secondary N) is 4. The van der Waals surface area contributed by atoms with Gasteiger partial charge in [-0.1, -0.05) is 18.2 Å². The molecule has 0 aromatic heterocycles. The lowest BCUT2D eigenvalue weighted by atomic mass is 10.1. The molecule has 0 amide bonds. The molecule has 0 heterocycles. The number of nitro benzene ring substituents is 1. The van der Waals surface area contributed by atoms with Gasteiger partial charge in [0.15, 0.2) is 5.11 Å². The molecule has 3 aromatic rings. The predicted molar refractivity (Wildman–Crippen MR) is 136 cm³/mol. The van der Waals surface area contributed by atoms with E-state index in [1.165, 1.54) is 25.3 Å². The maximum atomic E-state index is 12.8. The molecule has 12 heteroatoms. The number of aryl methyl sites for hydroxylation is 2. The number of hydrogen-bond donors (Lipinski definition) is 4. The Morgan fingerprint density at radius 2 is 1.68 bits per heavy atom. The molecule has 0 spiro atoms. The Morgan fingerprint density at radius 3 is 2.32 bits per heavy atom. The third-order valence-corrected chi connectivity index (χ3v) is 6.19. The van der Waals surface area contributed by atoms with Crippen LogP contribution >= 0.6 is 12.2 Å². The Hall–Kier alpha value is -3.90. The normalized spacial score (nSPS) is 10.8. The van der Waals surface area contributed by atoms with Crippen molar-refractivity contribution in [2.24, 2.45) is 0 Å². The fraction of sp³-hybridized carbons (Fsp3) is 0.136. The summed E-state index contributed by atoms with van der Waals surface area (Å²) in [5.41, 5.74) is 7.98. The molecule has 0 atom stereocenters. The highest BCUT2D eigenvalue weighted by Crippen LogP contribution is 2.30. The minimum atomic E-state index is -4.12. The van der Waals surface area contributed by atoms with Crippen molar-refractivity contribution in [2.45, 2.75) is 18.7 Å². The van der Waals surface area contributed by atoms with Crippen molar-refractivity contribution in [2.75, 3.05) is 22.6 Å². The lowest BCUT2D eigenvalue weighted by Crippen LogP contribution is -2.33. The number of anilines is 3. The van der Waals surface area contributed by atoms with Crippen LogP contribution in [0.25, 0.3) is 0 Å². The van der Waals surface area contributed by atoms with Crippen LogP contribution in [0.3, 0.4) is 0 Å². The topological polar surface area (TPSA) is 135 Å². The zero-order chi connectivity index (χ0) is 24.9. The van der Waals surface area contributed by atoms with E-state index in [-0.39, 0.29) is 21.4 Å². The second-order valence-corrected chi connectivity index (χ2v) is 9.41. The summed E-state index contributed by atoms with van der Waals surface area (Å²) in [6.45, 7) is 3.91. The Kier molecular flexibility index (Phi) is 7.54. The van der Waals surface area contributed by atoms with E-state index in [9.17, 15) is 18.5 Å². The molecule has 178 valence electrons. The monoisotopic (exact) mass is 501 g/mol. The molecule has 10 nitrogen and oxygen atoms in total. The molecule has 4 N–H and O–H groups in total. The van der Waals surface area contributed by atoms with Crippen LogP contribution in [0.1, 0.15) is 11.1 Å². The number of para-hydroxylation sites is 2. The SMILES string of the molecule is COc1ccccc1NS(=O)(=O)c1ccc(NNC(=S)Nc2cc(C)cc(C)c2)c([N+](=O)[O-])c1. The van der Waals surface area contributed by atoms with Crippen molar-refractivity contribution < 1.29 is 18.1 Å². The summed E-state index contributed by atoms with van der Waals surface area (Å²) in [5, 5.41) is 14.8. The molecule has 3 rings (SSSR count). The summed E-state index contributed by atoms with van der Waals surface area (Å²) >= 11 is 5.24. The van der Waals surface area contributed by atoms with E-state index in [4.69, 9.17) is 17.0 Å². The van der Waals surface area contributed by atoms with Crippen LogP contribution in [0.2, 0.25) is 0 Å². The molecular formula is C22H23N5O5S2. The Balaban J connectivity index is 1.77. The van der Waals surface area contributed by atoms with E-state index in [1.807, 2.05) is 32.0 Å². The third kappa shape index (κ3) is 6.11. The zero-order valence-electron chi connectivity index (χ0n) is 18.6. The van der Waals surface area contributed by atoms with Gasteiger partial charge in [0.05, 0.1) is 22.6 Å². The molecule has 0 radical (unpaired) electrons. The fourth-order valence-electron chi connectivity index (χ4n) is 3.20. The number of hydrazine groups is 1. The van der Waals surface area contributed by atoms with E-state index < -0.39 is 20.6 Å². The minimum absolute atomic E-state index is 0.0332. The molecule has 0 saturated carbocycles. The molecule has 0 aliphatic rings. The number of ether oxygens (including phenoxy) is 1. The standard InChI is InChI=1S/C22H23N5O5S2/c1-14-10-15(2)12-16(11-14)23-22(33)25-24-18-9-8-17(13-20(18)27(28)29)34(30,31)26-19-6-4-5-7-21(19)32-3/h4-13,24,26H,1-3H3,(H2,23,25,33). The van der Waals surface area contributed by atoms with Crippen LogP contribution in [0.15, 0.2) is 65.6 Å². The van der Waals surface area contributed by atoms with Gasteiger partial charge in [-0.15, -0.1) is 0 Å². The van der Waals surface area contributed by atoms with Crippen LogP contribution in [0.5, 0.6) is 5.75 Å². The van der Waals surface area contributed by atoms with Gasteiger partial charge in [-0.25, -0.2) is 8.42 Å². The van der Waals surface area contributed by atoms with Crippen molar-refractivity contribution in [1.29, 1.82) is 0 Å². The molecule has 3 aromatic carbocycles. The zero-order valence-corrected chi connectivity index (χ0v) is 20.2. The average molecular weight is 502 g/mol. The van der Waals surface area contributed by atoms with Gasteiger partial charge in [-0.3, -0.25) is 25.7 Å². The van der Waals surface area contributed by atoms with E-state index in [0.717, 1.165) is 22.9 Å². The first kappa shape index (κ1) is 24.7. The number of rotatable bonds is 8. The summed E-state index contributed by atoms with van der Waals surface area (Å²) in [7, 11) is -2.71.